The van der Waals surface area contributed by atoms with Crippen LogP contribution in [0.5, 0.6) is 5.75 Å². The molecule has 0 spiro atoms. The van der Waals surface area contributed by atoms with E-state index in [1.807, 2.05) is 24.3 Å². The second kappa shape index (κ2) is 5.09. The molecule has 7 heteroatoms. The molecule has 0 aliphatic carbocycles. The van der Waals surface area contributed by atoms with Gasteiger partial charge in [0.05, 0.1) is 15.4 Å². The maximum absolute atomic E-state index is 10.7. The van der Waals surface area contributed by atoms with Crippen molar-refractivity contribution in [2.24, 2.45) is 0 Å². The molecular formula is C13H10BrN3O3. The van der Waals surface area contributed by atoms with Crippen LogP contribution in [-0.2, 0) is 0 Å². The number of fused-ring (bicyclic) bond motifs is 1. The van der Waals surface area contributed by atoms with Crippen molar-refractivity contribution in [1.82, 2.24) is 4.98 Å². The summed E-state index contributed by atoms with van der Waals surface area (Å²) in [6.45, 7) is 0.504. The topological polar surface area (TPSA) is 77.3 Å². The van der Waals surface area contributed by atoms with E-state index >= 15 is 0 Å². The highest BCUT2D eigenvalue weighted by molar-refractivity contribution is 9.10. The molecule has 20 heavy (non-hydrogen) atoms. The molecule has 2 aromatic rings. The summed E-state index contributed by atoms with van der Waals surface area (Å²) >= 11 is 3.29. The summed E-state index contributed by atoms with van der Waals surface area (Å²) in [4.78, 5) is 14.3. The zero-order chi connectivity index (χ0) is 14.1. The number of ether oxygens (including phenoxy) is 1. The number of hydrogen-bond acceptors (Lipinski definition) is 5. The van der Waals surface area contributed by atoms with Crippen LogP contribution in [0.25, 0.3) is 0 Å². The van der Waals surface area contributed by atoms with Crippen LogP contribution in [-0.4, -0.2) is 16.5 Å². The lowest BCUT2D eigenvalue weighted by Crippen LogP contribution is -2.13. The van der Waals surface area contributed by atoms with Gasteiger partial charge in [-0.2, -0.15) is 0 Å². The van der Waals surface area contributed by atoms with Gasteiger partial charge in [0.2, 0.25) is 0 Å². The number of aromatic nitrogens is 1. The number of halogens is 1. The quantitative estimate of drug-likeness (QED) is 0.687. The summed E-state index contributed by atoms with van der Waals surface area (Å²) < 4.78 is 6.12. The average Bonchev–Trinajstić information content (AvgIpc) is 2.84. The Hall–Kier alpha value is -2.15. The first kappa shape index (κ1) is 12.9. The van der Waals surface area contributed by atoms with Crippen molar-refractivity contribution in [3.63, 3.8) is 0 Å². The molecule has 0 fully saturated rings. The van der Waals surface area contributed by atoms with E-state index in [1.54, 1.807) is 0 Å². The van der Waals surface area contributed by atoms with E-state index < -0.39 is 4.92 Å². The third-order valence-electron chi connectivity index (χ3n) is 3.05. The average molecular weight is 336 g/mol. The van der Waals surface area contributed by atoms with Gasteiger partial charge in [0.1, 0.15) is 24.4 Å². The molecule has 1 aliphatic heterocycles. The summed E-state index contributed by atoms with van der Waals surface area (Å²) in [6.07, 6.45) is 1.23. The highest BCUT2D eigenvalue weighted by atomic mass is 79.9. The van der Waals surface area contributed by atoms with Crippen LogP contribution in [0.15, 0.2) is 41.0 Å². The number of nitrogens with zero attached hydrogens (tertiary/aromatic N) is 2. The van der Waals surface area contributed by atoms with Gasteiger partial charge in [-0.25, -0.2) is 4.98 Å². The van der Waals surface area contributed by atoms with Gasteiger partial charge in [0.15, 0.2) is 0 Å². The molecule has 1 N–H and O–H groups in total. The van der Waals surface area contributed by atoms with E-state index in [4.69, 9.17) is 4.74 Å². The van der Waals surface area contributed by atoms with Gasteiger partial charge < -0.3 is 10.1 Å². The zero-order valence-corrected chi connectivity index (χ0v) is 11.8. The van der Waals surface area contributed by atoms with Crippen molar-refractivity contribution in [3.05, 3.63) is 56.7 Å². The van der Waals surface area contributed by atoms with Crippen molar-refractivity contribution in [2.75, 3.05) is 11.9 Å². The molecule has 1 aliphatic rings. The van der Waals surface area contributed by atoms with Crippen LogP contribution >= 0.6 is 15.9 Å². The van der Waals surface area contributed by atoms with Gasteiger partial charge >= 0.3 is 0 Å². The fraction of sp³-hybridized carbons (Fsp3) is 0.154. The Kier molecular flexibility index (Phi) is 3.27. The van der Waals surface area contributed by atoms with Gasteiger partial charge in [0.25, 0.3) is 5.69 Å². The fourth-order valence-electron chi connectivity index (χ4n) is 2.08. The number of nitro groups is 1. The van der Waals surface area contributed by atoms with Gasteiger partial charge in [-0.3, -0.25) is 10.1 Å². The molecule has 1 atom stereocenters. The van der Waals surface area contributed by atoms with Gasteiger partial charge in [-0.1, -0.05) is 18.2 Å². The summed E-state index contributed by atoms with van der Waals surface area (Å²) in [7, 11) is 0. The Morgan fingerprint density at radius 2 is 2.25 bits per heavy atom. The molecule has 0 bridgehead atoms. The highest BCUT2D eigenvalue weighted by Gasteiger charge is 2.24. The summed E-state index contributed by atoms with van der Waals surface area (Å²) in [5, 5.41) is 13.9. The Morgan fingerprint density at radius 1 is 1.45 bits per heavy atom. The lowest BCUT2D eigenvalue weighted by atomic mass is 10.1. The normalized spacial score (nSPS) is 16.4. The Bertz CT molecular complexity index is 678. The first-order valence-electron chi connectivity index (χ1n) is 5.93. The Labute approximate surface area is 123 Å². The number of rotatable bonds is 3. The van der Waals surface area contributed by atoms with Crippen LogP contribution in [0.4, 0.5) is 11.5 Å². The Balaban J connectivity index is 1.84. The molecule has 1 aromatic carbocycles. The third kappa shape index (κ3) is 2.32. The summed E-state index contributed by atoms with van der Waals surface area (Å²) in [5.41, 5.74) is 1.00. The van der Waals surface area contributed by atoms with Crippen molar-refractivity contribution >= 4 is 27.4 Å². The number of nitrogens with one attached hydrogen (secondary N) is 1. The van der Waals surface area contributed by atoms with Crippen molar-refractivity contribution in [3.8, 4) is 5.75 Å². The number of para-hydroxylation sites is 1. The smallest absolute Gasteiger partial charge is 0.288 e. The van der Waals surface area contributed by atoms with Crippen molar-refractivity contribution < 1.29 is 9.66 Å². The number of hydrogen-bond donors (Lipinski definition) is 1. The Morgan fingerprint density at radius 3 is 3.00 bits per heavy atom. The molecule has 1 aromatic heterocycles. The molecule has 0 radical (unpaired) electrons. The van der Waals surface area contributed by atoms with Crippen LogP contribution < -0.4 is 10.1 Å². The van der Waals surface area contributed by atoms with Crippen LogP contribution in [0.2, 0.25) is 0 Å². The first-order chi connectivity index (χ1) is 9.65. The second-order valence-electron chi connectivity index (χ2n) is 4.33. The molecule has 0 saturated heterocycles. The number of benzene rings is 1. The minimum atomic E-state index is -0.477. The van der Waals surface area contributed by atoms with E-state index in [2.05, 4.69) is 26.2 Å². The fourth-order valence-corrected chi connectivity index (χ4v) is 2.53. The van der Waals surface area contributed by atoms with E-state index in [9.17, 15) is 10.1 Å². The van der Waals surface area contributed by atoms with Crippen LogP contribution in [0.1, 0.15) is 11.6 Å². The molecule has 6 nitrogen and oxygen atoms in total. The van der Waals surface area contributed by atoms with Crippen molar-refractivity contribution in [1.29, 1.82) is 0 Å². The highest BCUT2D eigenvalue weighted by Crippen LogP contribution is 2.35. The number of pyridine rings is 1. The van der Waals surface area contributed by atoms with E-state index in [1.165, 1.54) is 12.3 Å². The van der Waals surface area contributed by atoms with Crippen LogP contribution in [0.3, 0.4) is 0 Å². The standard InChI is InChI=1S/C13H10BrN3O3/c14-10-5-8(17(18)19)6-15-13(10)16-11-7-20-12-4-2-1-3-9(11)12/h1-6,11H,7H2,(H,15,16). The largest absolute Gasteiger partial charge is 0.491 e. The maximum Gasteiger partial charge on any atom is 0.288 e. The second-order valence-corrected chi connectivity index (χ2v) is 5.18. The van der Waals surface area contributed by atoms with Crippen LogP contribution in [0, 0.1) is 10.1 Å². The molecule has 0 amide bonds. The summed E-state index contributed by atoms with van der Waals surface area (Å²) in [6, 6.07) is 9.17. The minimum absolute atomic E-state index is 0.0172. The van der Waals surface area contributed by atoms with Gasteiger partial charge in [-0.15, -0.1) is 0 Å². The predicted molar refractivity (Wildman–Crippen MR) is 76.9 cm³/mol. The SMILES string of the molecule is O=[N+]([O-])c1cnc(NC2COc3ccccc32)c(Br)c1. The molecule has 1 unspecified atom stereocenters. The minimum Gasteiger partial charge on any atom is -0.491 e. The van der Waals surface area contributed by atoms with E-state index in [-0.39, 0.29) is 11.7 Å². The molecule has 0 saturated carbocycles. The van der Waals surface area contributed by atoms with Crippen molar-refractivity contribution in [2.45, 2.75) is 6.04 Å². The zero-order valence-electron chi connectivity index (χ0n) is 10.2. The van der Waals surface area contributed by atoms with Gasteiger partial charge in [-0.05, 0) is 22.0 Å². The molecule has 2 heterocycles. The van der Waals surface area contributed by atoms with Gasteiger partial charge in [0, 0.05) is 11.6 Å². The van der Waals surface area contributed by atoms with E-state index in [0.717, 1.165) is 11.3 Å². The molecular weight excluding hydrogens is 326 g/mol. The molecule has 3 rings (SSSR count). The molecule has 102 valence electrons. The lowest BCUT2D eigenvalue weighted by Gasteiger charge is -2.13. The monoisotopic (exact) mass is 335 g/mol. The number of anilines is 1. The lowest BCUT2D eigenvalue weighted by molar-refractivity contribution is -0.385. The summed E-state index contributed by atoms with van der Waals surface area (Å²) in [5.74, 6) is 1.41. The maximum atomic E-state index is 10.7. The third-order valence-corrected chi connectivity index (χ3v) is 3.65. The first-order valence-corrected chi connectivity index (χ1v) is 6.72. The van der Waals surface area contributed by atoms with E-state index in [0.29, 0.717) is 16.9 Å². The predicted octanol–water partition coefficient (Wildman–Crippen LogP) is 3.30.